The van der Waals surface area contributed by atoms with Crippen molar-refractivity contribution in [2.75, 3.05) is 5.32 Å². The largest absolute Gasteiger partial charge is 0.379 e. The molecule has 0 amide bonds. The van der Waals surface area contributed by atoms with E-state index in [0.717, 1.165) is 17.9 Å². The fourth-order valence-electron chi connectivity index (χ4n) is 2.07. The molecule has 0 fully saturated rings. The molecule has 2 aromatic rings. The summed E-state index contributed by atoms with van der Waals surface area (Å²) < 4.78 is 3.10. The van der Waals surface area contributed by atoms with Crippen LogP contribution < -0.4 is 5.32 Å². The minimum atomic E-state index is 0.790. The molecular weight excluding hydrogens is 290 g/mol. The maximum absolute atomic E-state index is 4.34. The fraction of sp³-hybridized carbons (Fsp3) is 0.357. The smallest absolute Gasteiger partial charge is 0.0597 e. The van der Waals surface area contributed by atoms with E-state index in [1.807, 2.05) is 18.7 Å². The molecule has 0 spiro atoms. The molecule has 18 heavy (non-hydrogen) atoms. The zero-order valence-corrected chi connectivity index (χ0v) is 12.8. The Balaban J connectivity index is 2.13. The molecule has 0 bridgehead atoms. The molecule has 0 aliphatic heterocycles. The van der Waals surface area contributed by atoms with Gasteiger partial charge in [0, 0.05) is 17.2 Å². The van der Waals surface area contributed by atoms with Crippen LogP contribution in [0.15, 0.2) is 22.7 Å². The predicted molar refractivity (Wildman–Crippen MR) is 78.9 cm³/mol. The number of halogens is 1. The van der Waals surface area contributed by atoms with Gasteiger partial charge in [0.2, 0.25) is 0 Å². The number of aryl methyl sites for hydroxylation is 4. The van der Waals surface area contributed by atoms with Gasteiger partial charge in [-0.25, -0.2) is 0 Å². The van der Waals surface area contributed by atoms with Crippen molar-refractivity contribution in [3.63, 3.8) is 0 Å². The molecule has 1 aromatic heterocycles. The van der Waals surface area contributed by atoms with Gasteiger partial charge in [-0.1, -0.05) is 15.9 Å². The summed E-state index contributed by atoms with van der Waals surface area (Å²) in [5.74, 6) is 0. The SMILES string of the molecule is Cc1cc(CNc2cc(C)c(Br)c(C)c2)n(C)n1. The standard InChI is InChI=1S/C14H18BrN3/c1-9-5-12(6-10(2)14(9)15)16-8-13-7-11(3)17-18(13)4/h5-7,16H,8H2,1-4H3. The lowest BCUT2D eigenvalue weighted by Crippen LogP contribution is -2.05. The first-order chi connectivity index (χ1) is 8.47. The number of rotatable bonds is 3. The molecule has 3 nitrogen and oxygen atoms in total. The Morgan fingerprint density at radius 3 is 2.28 bits per heavy atom. The van der Waals surface area contributed by atoms with Crippen molar-refractivity contribution in [2.24, 2.45) is 7.05 Å². The Bertz CT molecular complexity index is 549. The van der Waals surface area contributed by atoms with Gasteiger partial charge in [-0.3, -0.25) is 4.68 Å². The zero-order chi connectivity index (χ0) is 13.3. The number of nitrogens with zero attached hydrogens (tertiary/aromatic N) is 2. The van der Waals surface area contributed by atoms with E-state index in [9.17, 15) is 0 Å². The zero-order valence-electron chi connectivity index (χ0n) is 11.2. The Labute approximate surface area is 116 Å². The van der Waals surface area contributed by atoms with Crippen molar-refractivity contribution < 1.29 is 0 Å². The summed E-state index contributed by atoms with van der Waals surface area (Å²) in [4.78, 5) is 0. The van der Waals surface area contributed by atoms with Crippen molar-refractivity contribution in [3.05, 3.63) is 45.2 Å². The highest BCUT2D eigenvalue weighted by Crippen LogP contribution is 2.25. The summed E-state index contributed by atoms with van der Waals surface area (Å²) in [5.41, 5.74) is 5.88. The number of hydrogen-bond acceptors (Lipinski definition) is 2. The molecule has 0 radical (unpaired) electrons. The van der Waals surface area contributed by atoms with Crippen LogP contribution in [-0.2, 0) is 13.6 Å². The molecule has 0 aliphatic carbocycles. The Morgan fingerprint density at radius 2 is 1.78 bits per heavy atom. The number of anilines is 1. The highest BCUT2D eigenvalue weighted by molar-refractivity contribution is 9.10. The fourth-order valence-corrected chi connectivity index (χ4v) is 2.30. The van der Waals surface area contributed by atoms with E-state index in [1.165, 1.54) is 21.3 Å². The molecule has 1 N–H and O–H groups in total. The van der Waals surface area contributed by atoms with Gasteiger partial charge in [0.05, 0.1) is 17.9 Å². The maximum atomic E-state index is 4.34. The van der Waals surface area contributed by atoms with Crippen molar-refractivity contribution in [1.29, 1.82) is 0 Å². The van der Waals surface area contributed by atoms with Gasteiger partial charge in [0.1, 0.15) is 0 Å². The monoisotopic (exact) mass is 307 g/mol. The average molecular weight is 308 g/mol. The first-order valence-corrected chi connectivity index (χ1v) is 6.77. The van der Waals surface area contributed by atoms with Gasteiger partial charge in [0.15, 0.2) is 0 Å². The topological polar surface area (TPSA) is 29.9 Å². The summed E-state index contributed by atoms with van der Waals surface area (Å²) in [7, 11) is 1.97. The molecule has 2 rings (SSSR count). The van der Waals surface area contributed by atoms with Gasteiger partial charge < -0.3 is 5.32 Å². The lowest BCUT2D eigenvalue weighted by Gasteiger charge is -2.10. The number of nitrogens with one attached hydrogen (secondary N) is 1. The van der Waals surface area contributed by atoms with Crippen LogP contribution in [0, 0.1) is 20.8 Å². The number of benzene rings is 1. The van der Waals surface area contributed by atoms with Crippen LogP contribution in [-0.4, -0.2) is 9.78 Å². The molecule has 0 aliphatic rings. The maximum Gasteiger partial charge on any atom is 0.0597 e. The van der Waals surface area contributed by atoms with Crippen molar-refractivity contribution in [3.8, 4) is 0 Å². The second-order valence-corrected chi connectivity index (χ2v) is 5.47. The molecule has 1 heterocycles. The quantitative estimate of drug-likeness (QED) is 0.936. The highest BCUT2D eigenvalue weighted by Gasteiger charge is 2.04. The third-order valence-electron chi connectivity index (χ3n) is 3.01. The van der Waals surface area contributed by atoms with E-state index >= 15 is 0 Å². The van der Waals surface area contributed by atoms with Crippen molar-refractivity contribution in [1.82, 2.24) is 9.78 Å². The lowest BCUT2D eigenvalue weighted by atomic mass is 10.1. The van der Waals surface area contributed by atoms with Crippen LogP contribution in [0.2, 0.25) is 0 Å². The van der Waals surface area contributed by atoms with Crippen LogP contribution >= 0.6 is 15.9 Å². The van der Waals surface area contributed by atoms with E-state index in [0.29, 0.717) is 0 Å². The summed E-state index contributed by atoms with van der Waals surface area (Å²) in [6.45, 7) is 7.02. The lowest BCUT2D eigenvalue weighted by molar-refractivity contribution is 0.713. The van der Waals surface area contributed by atoms with E-state index in [-0.39, 0.29) is 0 Å². The molecule has 0 saturated carbocycles. The van der Waals surface area contributed by atoms with Gasteiger partial charge in [-0.15, -0.1) is 0 Å². The highest BCUT2D eigenvalue weighted by atomic mass is 79.9. The molecule has 1 aromatic carbocycles. The van der Waals surface area contributed by atoms with Crippen LogP contribution in [0.25, 0.3) is 0 Å². The van der Waals surface area contributed by atoms with E-state index in [4.69, 9.17) is 0 Å². The molecule has 0 atom stereocenters. The van der Waals surface area contributed by atoms with Crippen LogP contribution in [0.4, 0.5) is 5.69 Å². The van der Waals surface area contributed by atoms with Gasteiger partial charge >= 0.3 is 0 Å². The second kappa shape index (κ2) is 5.14. The van der Waals surface area contributed by atoms with Crippen molar-refractivity contribution in [2.45, 2.75) is 27.3 Å². The number of hydrogen-bond donors (Lipinski definition) is 1. The number of aromatic nitrogens is 2. The second-order valence-electron chi connectivity index (χ2n) is 4.68. The third kappa shape index (κ3) is 2.75. The Hall–Kier alpha value is -1.29. The van der Waals surface area contributed by atoms with Crippen LogP contribution in [0.1, 0.15) is 22.5 Å². The molecular formula is C14H18BrN3. The molecule has 0 saturated heterocycles. The van der Waals surface area contributed by atoms with E-state index in [1.54, 1.807) is 0 Å². The van der Waals surface area contributed by atoms with Gasteiger partial charge in [0.25, 0.3) is 0 Å². The van der Waals surface area contributed by atoms with E-state index in [2.05, 4.69) is 58.4 Å². The molecule has 96 valence electrons. The van der Waals surface area contributed by atoms with Gasteiger partial charge in [-0.2, -0.15) is 5.10 Å². The normalized spacial score (nSPS) is 10.7. The summed E-state index contributed by atoms with van der Waals surface area (Å²) in [5, 5.41) is 7.78. The Kier molecular flexibility index (Phi) is 3.76. The predicted octanol–water partition coefficient (Wildman–Crippen LogP) is 3.72. The van der Waals surface area contributed by atoms with Gasteiger partial charge in [-0.05, 0) is 50.1 Å². The molecule has 4 heteroatoms. The van der Waals surface area contributed by atoms with Crippen molar-refractivity contribution >= 4 is 21.6 Å². The molecule has 0 unspecified atom stereocenters. The van der Waals surface area contributed by atoms with E-state index < -0.39 is 0 Å². The Morgan fingerprint density at radius 1 is 1.17 bits per heavy atom. The van der Waals surface area contributed by atoms with Crippen LogP contribution in [0.5, 0.6) is 0 Å². The average Bonchev–Trinajstić information content (AvgIpc) is 2.62. The van der Waals surface area contributed by atoms with Crippen LogP contribution in [0.3, 0.4) is 0 Å². The summed E-state index contributed by atoms with van der Waals surface area (Å²) in [6.07, 6.45) is 0. The minimum Gasteiger partial charge on any atom is -0.379 e. The third-order valence-corrected chi connectivity index (χ3v) is 4.26. The first kappa shape index (κ1) is 13.1. The minimum absolute atomic E-state index is 0.790. The summed E-state index contributed by atoms with van der Waals surface area (Å²) >= 11 is 3.58. The first-order valence-electron chi connectivity index (χ1n) is 5.97. The summed E-state index contributed by atoms with van der Waals surface area (Å²) in [6, 6.07) is 6.41.